The summed E-state index contributed by atoms with van der Waals surface area (Å²) < 4.78 is 38.7. The largest absolute Gasteiger partial charge is 0.586 e. The number of halogens is 2. The SMILES string of the molecule is COC(=O)C(N)c1cccc2c1OC(F)(F)O2. The van der Waals surface area contributed by atoms with Crippen molar-refractivity contribution in [3.05, 3.63) is 23.8 Å². The molecule has 0 bridgehead atoms. The minimum Gasteiger partial charge on any atom is -0.468 e. The first-order valence-corrected chi connectivity index (χ1v) is 4.67. The summed E-state index contributed by atoms with van der Waals surface area (Å²) in [4.78, 5) is 11.2. The Morgan fingerprint density at radius 1 is 1.47 bits per heavy atom. The van der Waals surface area contributed by atoms with Gasteiger partial charge in [0.15, 0.2) is 11.5 Å². The maximum atomic E-state index is 12.9. The lowest BCUT2D eigenvalue weighted by Crippen LogP contribution is -2.27. The number of hydrogen-bond donors (Lipinski definition) is 1. The molecule has 0 saturated carbocycles. The number of alkyl halides is 2. The molecule has 0 amide bonds. The van der Waals surface area contributed by atoms with Crippen LogP contribution in [-0.2, 0) is 9.53 Å². The van der Waals surface area contributed by atoms with Gasteiger partial charge in [-0.15, -0.1) is 8.78 Å². The molecule has 1 heterocycles. The predicted molar refractivity (Wildman–Crippen MR) is 51.6 cm³/mol. The van der Waals surface area contributed by atoms with Crippen LogP contribution in [0.4, 0.5) is 8.78 Å². The number of methoxy groups -OCH3 is 1. The van der Waals surface area contributed by atoms with E-state index in [-0.39, 0.29) is 17.1 Å². The van der Waals surface area contributed by atoms with Crippen molar-refractivity contribution in [3.63, 3.8) is 0 Å². The summed E-state index contributed by atoms with van der Waals surface area (Å²) in [5.41, 5.74) is 5.65. The summed E-state index contributed by atoms with van der Waals surface area (Å²) in [6.07, 6.45) is -3.74. The average molecular weight is 245 g/mol. The first kappa shape index (κ1) is 11.6. The molecule has 0 saturated heterocycles. The summed E-state index contributed by atoms with van der Waals surface area (Å²) in [5, 5.41) is 0. The van der Waals surface area contributed by atoms with E-state index >= 15 is 0 Å². The smallest absolute Gasteiger partial charge is 0.468 e. The molecule has 1 unspecified atom stereocenters. The second kappa shape index (κ2) is 3.85. The average Bonchev–Trinajstić information content (AvgIpc) is 2.60. The molecule has 0 fully saturated rings. The Kier molecular flexibility index (Phi) is 2.62. The zero-order valence-corrected chi connectivity index (χ0v) is 8.78. The van der Waals surface area contributed by atoms with E-state index in [0.717, 1.165) is 7.11 Å². The van der Waals surface area contributed by atoms with Crippen molar-refractivity contribution in [1.82, 2.24) is 0 Å². The van der Waals surface area contributed by atoms with Crippen LogP contribution in [0.3, 0.4) is 0 Å². The van der Waals surface area contributed by atoms with Gasteiger partial charge in [0, 0.05) is 5.56 Å². The monoisotopic (exact) mass is 245 g/mol. The maximum Gasteiger partial charge on any atom is 0.586 e. The van der Waals surface area contributed by atoms with Gasteiger partial charge in [0.1, 0.15) is 6.04 Å². The second-order valence-corrected chi connectivity index (χ2v) is 3.34. The van der Waals surface area contributed by atoms with E-state index in [1.165, 1.54) is 18.2 Å². The molecule has 0 spiro atoms. The quantitative estimate of drug-likeness (QED) is 0.792. The molecule has 7 heteroatoms. The number of carbonyl (C=O) groups excluding carboxylic acids is 1. The van der Waals surface area contributed by atoms with Crippen molar-refractivity contribution in [3.8, 4) is 11.5 Å². The Balaban J connectivity index is 2.39. The minimum atomic E-state index is -3.74. The lowest BCUT2D eigenvalue weighted by atomic mass is 10.1. The van der Waals surface area contributed by atoms with Crippen molar-refractivity contribution in [1.29, 1.82) is 0 Å². The number of rotatable bonds is 2. The lowest BCUT2D eigenvalue weighted by molar-refractivity contribution is -0.287. The third-order valence-corrected chi connectivity index (χ3v) is 2.25. The van der Waals surface area contributed by atoms with Gasteiger partial charge in [-0.3, -0.25) is 4.79 Å². The van der Waals surface area contributed by atoms with E-state index in [0.29, 0.717) is 0 Å². The van der Waals surface area contributed by atoms with Gasteiger partial charge in [-0.2, -0.15) is 0 Å². The van der Waals surface area contributed by atoms with Gasteiger partial charge in [-0.05, 0) is 6.07 Å². The maximum absolute atomic E-state index is 12.9. The summed E-state index contributed by atoms with van der Waals surface area (Å²) in [7, 11) is 1.15. The number of nitrogens with two attached hydrogens (primary N) is 1. The summed E-state index contributed by atoms with van der Waals surface area (Å²) >= 11 is 0. The van der Waals surface area contributed by atoms with Crippen LogP contribution in [0.15, 0.2) is 18.2 Å². The van der Waals surface area contributed by atoms with Gasteiger partial charge in [-0.25, -0.2) is 0 Å². The molecule has 1 aliphatic heterocycles. The molecule has 5 nitrogen and oxygen atoms in total. The Hall–Kier alpha value is -1.89. The van der Waals surface area contributed by atoms with E-state index in [1.807, 2.05) is 0 Å². The molecule has 0 aromatic heterocycles. The molecular formula is C10H9F2NO4. The Labute approximate surface area is 95.1 Å². The van der Waals surface area contributed by atoms with Crippen LogP contribution in [0.1, 0.15) is 11.6 Å². The Morgan fingerprint density at radius 3 is 2.82 bits per heavy atom. The number of ether oxygens (including phenoxy) is 3. The highest BCUT2D eigenvalue weighted by molar-refractivity contribution is 5.79. The summed E-state index contributed by atoms with van der Waals surface area (Å²) in [6, 6.07) is 2.92. The van der Waals surface area contributed by atoms with E-state index in [9.17, 15) is 13.6 Å². The Bertz CT molecular complexity index is 464. The van der Waals surface area contributed by atoms with E-state index in [4.69, 9.17) is 5.73 Å². The van der Waals surface area contributed by atoms with Crippen LogP contribution in [-0.4, -0.2) is 19.4 Å². The van der Waals surface area contributed by atoms with Gasteiger partial charge in [-0.1, -0.05) is 12.1 Å². The van der Waals surface area contributed by atoms with E-state index in [1.54, 1.807) is 0 Å². The van der Waals surface area contributed by atoms with Crippen LogP contribution in [0.2, 0.25) is 0 Å². The molecule has 1 aliphatic rings. The molecule has 1 atom stereocenters. The molecule has 0 radical (unpaired) electrons. The molecular weight excluding hydrogens is 236 g/mol. The molecule has 2 rings (SSSR count). The lowest BCUT2D eigenvalue weighted by Gasteiger charge is -2.11. The highest BCUT2D eigenvalue weighted by atomic mass is 19.3. The number of hydrogen-bond acceptors (Lipinski definition) is 5. The predicted octanol–water partition coefficient (Wildman–Crippen LogP) is 1.18. The van der Waals surface area contributed by atoms with Gasteiger partial charge < -0.3 is 19.9 Å². The number of fused-ring (bicyclic) bond motifs is 1. The topological polar surface area (TPSA) is 70.8 Å². The first-order chi connectivity index (χ1) is 7.94. The third kappa shape index (κ3) is 2.01. The van der Waals surface area contributed by atoms with Gasteiger partial charge >= 0.3 is 12.3 Å². The summed E-state index contributed by atoms with van der Waals surface area (Å²) in [5.74, 6) is -1.15. The van der Waals surface area contributed by atoms with Crippen molar-refractivity contribution >= 4 is 5.97 Å². The third-order valence-electron chi connectivity index (χ3n) is 2.25. The normalized spacial score (nSPS) is 17.6. The second-order valence-electron chi connectivity index (χ2n) is 3.34. The minimum absolute atomic E-state index is 0.0894. The summed E-state index contributed by atoms with van der Waals surface area (Å²) in [6.45, 7) is 0. The number of esters is 1. The molecule has 2 N–H and O–H groups in total. The fourth-order valence-electron chi connectivity index (χ4n) is 1.49. The van der Waals surface area contributed by atoms with Crippen LogP contribution < -0.4 is 15.2 Å². The standard InChI is InChI=1S/C10H9F2NO4/c1-15-9(14)7(13)5-3-2-4-6-8(5)17-10(11,12)16-6/h2-4,7H,13H2,1H3. The van der Waals surface area contributed by atoms with Crippen molar-refractivity contribution in [2.24, 2.45) is 5.73 Å². The van der Waals surface area contributed by atoms with Crippen molar-refractivity contribution in [2.75, 3.05) is 7.11 Å². The Morgan fingerprint density at radius 2 is 2.18 bits per heavy atom. The van der Waals surface area contributed by atoms with Gasteiger partial charge in [0.2, 0.25) is 0 Å². The fraction of sp³-hybridized carbons (Fsp3) is 0.300. The van der Waals surface area contributed by atoms with Crippen molar-refractivity contribution < 1.29 is 27.8 Å². The molecule has 0 aliphatic carbocycles. The van der Waals surface area contributed by atoms with Gasteiger partial charge in [0.25, 0.3) is 0 Å². The number of para-hydroxylation sites is 1. The van der Waals surface area contributed by atoms with Crippen molar-refractivity contribution in [2.45, 2.75) is 12.3 Å². The van der Waals surface area contributed by atoms with Crippen LogP contribution >= 0.6 is 0 Å². The zero-order chi connectivity index (χ0) is 12.6. The van der Waals surface area contributed by atoms with Gasteiger partial charge in [0.05, 0.1) is 7.11 Å². The first-order valence-electron chi connectivity index (χ1n) is 4.67. The van der Waals surface area contributed by atoms with E-state index in [2.05, 4.69) is 14.2 Å². The fourth-order valence-corrected chi connectivity index (χ4v) is 1.49. The molecule has 92 valence electrons. The molecule has 1 aromatic carbocycles. The van der Waals surface area contributed by atoms with E-state index < -0.39 is 18.3 Å². The number of benzene rings is 1. The van der Waals surface area contributed by atoms with Crippen LogP contribution in [0.5, 0.6) is 11.5 Å². The molecule has 17 heavy (non-hydrogen) atoms. The highest BCUT2D eigenvalue weighted by Gasteiger charge is 2.45. The molecule has 1 aromatic rings. The zero-order valence-electron chi connectivity index (χ0n) is 8.78. The van der Waals surface area contributed by atoms with Crippen LogP contribution in [0.25, 0.3) is 0 Å². The highest BCUT2D eigenvalue weighted by Crippen LogP contribution is 2.44. The van der Waals surface area contributed by atoms with Crippen LogP contribution in [0, 0.1) is 0 Å². The number of carbonyl (C=O) groups is 1.